The van der Waals surface area contributed by atoms with Gasteiger partial charge < -0.3 is 33.8 Å². The first kappa shape index (κ1) is 83.1. The van der Waals surface area contributed by atoms with Crippen LogP contribution < -0.4 is 0 Å². The van der Waals surface area contributed by atoms with E-state index in [2.05, 4.69) is 55.4 Å². The van der Waals surface area contributed by atoms with Crippen LogP contribution in [-0.4, -0.2) is 96.7 Å². The van der Waals surface area contributed by atoms with Crippen molar-refractivity contribution < 1.29 is 80.2 Å². The second kappa shape index (κ2) is 56.1. The highest BCUT2D eigenvalue weighted by molar-refractivity contribution is 7.47. The van der Waals surface area contributed by atoms with E-state index in [4.69, 9.17) is 37.0 Å². The number of carbonyl (C=O) groups is 4. The molecule has 5 unspecified atom stereocenters. The second-order valence-corrected chi connectivity index (χ2v) is 28.0. The van der Waals surface area contributed by atoms with Crippen LogP contribution >= 0.6 is 15.6 Å². The molecule has 85 heavy (non-hydrogen) atoms. The first-order valence-electron chi connectivity index (χ1n) is 34.3. The lowest BCUT2D eigenvalue weighted by Gasteiger charge is -2.21. The lowest BCUT2D eigenvalue weighted by Crippen LogP contribution is -2.30. The lowest BCUT2D eigenvalue weighted by molar-refractivity contribution is -0.161. The molecule has 0 aliphatic rings. The van der Waals surface area contributed by atoms with E-state index in [-0.39, 0.29) is 25.7 Å². The third kappa shape index (κ3) is 57.0. The summed E-state index contributed by atoms with van der Waals surface area (Å²) in [5.74, 6) is 0.844. The number of hydrogen-bond acceptors (Lipinski definition) is 15. The summed E-state index contributed by atoms with van der Waals surface area (Å²) in [6.07, 6.45) is 36.2. The van der Waals surface area contributed by atoms with E-state index < -0.39 is 97.5 Å². The van der Waals surface area contributed by atoms with Crippen LogP contribution in [0.2, 0.25) is 0 Å². The highest BCUT2D eigenvalue weighted by atomic mass is 31.2. The Balaban J connectivity index is 5.26. The van der Waals surface area contributed by atoms with Crippen LogP contribution in [0.15, 0.2) is 0 Å². The average Bonchev–Trinajstić information content (AvgIpc) is 3.53. The molecule has 0 aromatic carbocycles. The van der Waals surface area contributed by atoms with Crippen molar-refractivity contribution in [1.82, 2.24) is 0 Å². The van der Waals surface area contributed by atoms with Crippen molar-refractivity contribution in [3.05, 3.63) is 0 Å². The monoisotopic (exact) mass is 1250 g/mol. The van der Waals surface area contributed by atoms with E-state index >= 15 is 0 Å². The standard InChI is InChI=1S/C66H128O17P2/c1-9-57(6)43-35-27-18-14-12-13-15-20-32-40-48-65(70)82-61(52-76-63(68)46-38-30-24-22-26-34-42-56(4)5)54-80-84(72,73)78-50-60(67)51-79-85(74,75)81-55-62(53-77-64(69)47-39-31-25-23-29-37-45-59(8)11-3)83-66(71)49-41-33-21-17-16-19-28-36-44-58(7)10-2/h56-62,67H,9-55H2,1-8H3,(H,72,73)(H,74,75)/t57?,58?,59?,60-,61+,62+/m0/s1. The molecular formula is C66H128O17P2. The quantitative estimate of drug-likeness (QED) is 0.0222. The molecule has 0 aromatic heterocycles. The third-order valence-electron chi connectivity index (χ3n) is 16.2. The summed E-state index contributed by atoms with van der Waals surface area (Å²) in [4.78, 5) is 72.3. The lowest BCUT2D eigenvalue weighted by atomic mass is 9.99. The smallest absolute Gasteiger partial charge is 0.462 e. The first-order valence-corrected chi connectivity index (χ1v) is 37.3. The fraction of sp³-hybridized carbons (Fsp3) is 0.939. The molecule has 0 radical (unpaired) electrons. The number of ether oxygens (including phenoxy) is 4. The second-order valence-electron chi connectivity index (χ2n) is 25.1. The Morgan fingerprint density at radius 1 is 0.329 bits per heavy atom. The van der Waals surface area contributed by atoms with Crippen LogP contribution in [0.4, 0.5) is 0 Å². The number of unbranched alkanes of at least 4 members (excludes halogenated alkanes) is 26. The zero-order valence-corrected chi connectivity index (χ0v) is 57.0. The maximum atomic E-state index is 13.0. The van der Waals surface area contributed by atoms with E-state index in [0.29, 0.717) is 31.6 Å². The van der Waals surface area contributed by atoms with Gasteiger partial charge in [0.15, 0.2) is 12.2 Å². The summed E-state index contributed by atoms with van der Waals surface area (Å²) in [5, 5.41) is 10.6. The molecule has 0 aliphatic heterocycles. The Labute approximate surface area is 517 Å². The van der Waals surface area contributed by atoms with E-state index in [0.717, 1.165) is 120 Å². The Kier molecular flexibility index (Phi) is 54.8. The zero-order valence-electron chi connectivity index (χ0n) is 55.2. The maximum Gasteiger partial charge on any atom is 0.472 e. The fourth-order valence-electron chi connectivity index (χ4n) is 9.69. The molecule has 8 atom stereocenters. The predicted octanol–water partition coefficient (Wildman–Crippen LogP) is 18.1. The molecular weight excluding hydrogens is 1130 g/mol. The number of aliphatic hydroxyl groups excluding tert-OH is 1. The van der Waals surface area contributed by atoms with Crippen molar-refractivity contribution in [2.45, 2.75) is 337 Å². The highest BCUT2D eigenvalue weighted by Crippen LogP contribution is 2.45. The van der Waals surface area contributed by atoms with Gasteiger partial charge >= 0.3 is 39.5 Å². The SMILES string of the molecule is CCC(C)CCCCCCCCCCCCC(=O)O[C@H](COC(=O)CCCCCCCCC(C)C)COP(=O)(O)OC[C@H](O)COP(=O)(O)OC[C@@H](COC(=O)CCCCCCCCC(C)CC)OC(=O)CCCCCCCCCCC(C)CC. The number of aliphatic hydroxyl groups is 1. The topological polar surface area (TPSA) is 237 Å². The average molecular weight is 1260 g/mol. The van der Waals surface area contributed by atoms with Crippen molar-refractivity contribution in [2.75, 3.05) is 39.6 Å². The number of carbonyl (C=O) groups excluding carboxylic acids is 4. The summed E-state index contributed by atoms with van der Waals surface area (Å²) in [5.41, 5.74) is 0. The summed E-state index contributed by atoms with van der Waals surface area (Å²) < 4.78 is 68.1. The number of phosphoric acid groups is 2. The molecule has 0 fully saturated rings. The van der Waals surface area contributed by atoms with Gasteiger partial charge in [-0.3, -0.25) is 37.3 Å². The summed E-state index contributed by atoms with van der Waals surface area (Å²) in [6, 6.07) is 0. The minimum absolute atomic E-state index is 0.103. The number of rotatable bonds is 63. The van der Waals surface area contributed by atoms with Crippen molar-refractivity contribution in [2.24, 2.45) is 23.7 Å². The van der Waals surface area contributed by atoms with Gasteiger partial charge in [0.1, 0.15) is 19.3 Å². The van der Waals surface area contributed by atoms with Gasteiger partial charge in [0, 0.05) is 25.7 Å². The maximum absolute atomic E-state index is 13.0. The van der Waals surface area contributed by atoms with Gasteiger partial charge in [-0.25, -0.2) is 9.13 Å². The van der Waals surface area contributed by atoms with Crippen molar-refractivity contribution in [1.29, 1.82) is 0 Å². The van der Waals surface area contributed by atoms with Crippen LogP contribution in [0.25, 0.3) is 0 Å². The van der Waals surface area contributed by atoms with Gasteiger partial charge in [-0.15, -0.1) is 0 Å². The Morgan fingerprint density at radius 2 is 0.565 bits per heavy atom. The molecule has 0 aliphatic carbocycles. The Hall–Kier alpha value is -1.94. The van der Waals surface area contributed by atoms with Crippen LogP contribution in [-0.2, 0) is 65.4 Å². The third-order valence-corrected chi connectivity index (χ3v) is 18.1. The summed E-state index contributed by atoms with van der Waals surface area (Å²) >= 11 is 0. The summed E-state index contributed by atoms with van der Waals surface area (Å²) in [6.45, 7) is 14.0. The Morgan fingerprint density at radius 3 is 0.835 bits per heavy atom. The van der Waals surface area contributed by atoms with Crippen LogP contribution in [0.3, 0.4) is 0 Å². The normalized spacial score (nSPS) is 15.3. The van der Waals surface area contributed by atoms with Gasteiger partial charge in [-0.2, -0.15) is 0 Å². The molecule has 17 nitrogen and oxygen atoms in total. The molecule has 0 saturated heterocycles. The largest absolute Gasteiger partial charge is 0.472 e. The zero-order chi connectivity index (χ0) is 63.2. The van der Waals surface area contributed by atoms with E-state index in [1.807, 2.05) is 0 Å². The van der Waals surface area contributed by atoms with Gasteiger partial charge in [-0.05, 0) is 49.4 Å². The van der Waals surface area contributed by atoms with Crippen molar-refractivity contribution in [3.63, 3.8) is 0 Å². The van der Waals surface area contributed by atoms with Gasteiger partial charge in [-0.1, -0.05) is 267 Å². The minimum Gasteiger partial charge on any atom is -0.462 e. The number of esters is 4. The van der Waals surface area contributed by atoms with Gasteiger partial charge in [0.05, 0.1) is 26.4 Å². The molecule has 19 heteroatoms. The minimum atomic E-state index is -4.95. The van der Waals surface area contributed by atoms with E-state index in [1.54, 1.807) is 0 Å². The van der Waals surface area contributed by atoms with E-state index in [1.165, 1.54) is 109 Å². The molecule has 3 N–H and O–H groups in total. The predicted molar refractivity (Wildman–Crippen MR) is 340 cm³/mol. The van der Waals surface area contributed by atoms with Crippen molar-refractivity contribution >= 4 is 39.5 Å². The highest BCUT2D eigenvalue weighted by Gasteiger charge is 2.30. The first-order chi connectivity index (χ1) is 40.7. The van der Waals surface area contributed by atoms with Crippen LogP contribution in [0.1, 0.15) is 319 Å². The van der Waals surface area contributed by atoms with Crippen LogP contribution in [0.5, 0.6) is 0 Å². The molecule has 504 valence electrons. The fourth-order valence-corrected chi connectivity index (χ4v) is 11.3. The van der Waals surface area contributed by atoms with Gasteiger partial charge in [0.2, 0.25) is 0 Å². The molecule has 0 amide bonds. The number of phosphoric ester groups is 2. The Bertz CT molecular complexity index is 1700. The molecule has 0 bridgehead atoms. The molecule has 0 aromatic rings. The van der Waals surface area contributed by atoms with E-state index in [9.17, 15) is 43.2 Å². The van der Waals surface area contributed by atoms with Crippen LogP contribution in [0, 0.1) is 23.7 Å². The molecule has 0 spiro atoms. The molecule has 0 heterocycles. The molecule has 0 rings (SSSR count). The van der Waals surface area contributed by atoms with Crippen molar-refractivity contribution in [3.8, 4) is 0 Å². The number of hydrogen-bond donors (Lipinski definition) is 3. The summed E-state index contributed by atoms with van der Waals surface area (Å²) in [7, 11) is -9.89. The van der Waals surface area contributed by atoms with Gasteiger partial charge in [0.25, 0.3) is 0 Å². The molecule has 0 saturated carbocycles.